The van der Waals surface area contributed by atoms with Crippen LogP contribution < -0.4 is 5.32 Å². The van der Waals surface area contributed by atoms with Gasteiger partial charge in [-0.1, -0.05) is 36.5 Å². The van der Waals surface area contributed by atoms with Crippen LogP contribution in [0.15, 0.2) is 12.1 Å². The van der Waals surface area contributed by atoms with Crippen molar-refractivity contribution in [3.63, 3.8) is 0 Å². The van der Waals surface area contributed by atoms with E-state index in [-0.39, 0.29) is 28.2 Å². The molecule has 8 heteroatoms. The minimum Gasteiger partial charge on any atom is -0.481 e. The molecule has 0 aliphatic carbocycles. The largest absolute Gasteiger partial charge is 0.481 e. The standard InChI is InChI=1S/C12H14Cl2N2O4/c1-2-3-7(4-11(17)18)15-12-9(13)5-8(16(19)20)6-10(12)14/h5-7,15H,2-4H2,1H3,(H,17,18). The number of aliphatic carboxylic acids is 1. The number of carbonyl (C=O) groups is 1. The summed E-state index contributed by atoms with van der Waals surface area (Å²) in [4.78, 5) is 20.9. The Kier molecular flexibility index (Phi) is 6.04. The van der Waals surface area contributed by atoms with Gasteiger partial charge in [0, 0.05) is 18.2 Å². The van der Waals surface area contributed by atoms with Crippen molar-refractivity contribution in [3.05, 3.63) is 32.3 Å². The van der Waals surface area contributed by atoms with E-state index >= 15 is 0 Å². The van der Waals surface area contributed by atoms with Gasteiger partial charge in [-0.2, -0.15) is 0 Å². The number of nitro benzene ring substituents is 1. The molecule has 1 atom stereocenters. The fourth-order valence-corrected chi connectivity index (χ4v) is 2.38. The maximum absolute atomic E-state index is 10.8. The summed E-state index contributed by atoms with van der Waals surface area (Å²) in [6.45, 7) is 1.93. The maximum Gasteiger partial charge on any atom is 0.305 e. The van der Waals surface area contributed by atoms with Gasteiger partial charge < -0.3 is 10.4 Å². The van der Waals surface area contributed by atoms with Crippen molar-refractivity contribution in [3.8, 4) is 0 Å². The van der Waals surface area contributed by atoms with E-state index in [9.17, 15) is 14.9 Å². The van der Waals surface area contributed by atoms with E-state index in [0.29, 0.717) is 12.1 Å². The van der Waals surface area contributed by atoms with Gasteiger partial charge in [-0.25, -0.2) is 0 Å². The average molecular weight is 321 g/mol. The zero-order chi connectivity index (χ0) is 15.3. The van der Waals surface area contributed by atoms with E-state index in [0.717, 1.165) is 6.42 Å². The topological polar surface area (TPSA) is 92.5 Å². The second-order valence-electron chi connectivity index (χ2n) is 4.27. The van der Waals surface area contributed by atoms with Crippen LogP contribution in [0.4, 0.5) is 11.4 Å². The van der Waals surface area contributed by atoms with Gasteiger partial charge >= 0.3 is 5.97 Å². The molecule has 1 aromatic carbocycles. The third-order valence-corrected chi connectivity index (χ3v) is 3.24. The Bertz CT molecular complexity index is 499. The predicted molar refractivity (Wildman–Crippen MR) is 77.7 cm³/mol. The van der Waals surface area contributed by atoms with E-state index in [2.05, 4.69) is 5.32 Å². The molecule has 0 saturated heterocycles. The highest BCUT2D eigenvalue weighted by Gasteiger charge is 2.18. The SMILES string of the molecule is CCCC(CC(=O)O)Nc1c(Cl)cc([N+](=O)[O-])cc1Cl. The van der Waals surface area contributed by atoms with E-state index in [1.165, 1.54) is 12.1 Å². The Morgan fingerprint density at radius 1 is 1.45 bits per heavy atom. The number of rotatable bonds is 7. The lowest BCUT2D eigenvalue weighted by Crippen LogP contribution is -2.23. The van der Waals surface area contributed by atoms with Crippen LogP contribution >= 0.6 is 23.2 Å². The second-order valence-corrected chi connectivity index (χ2v) is 5.08. The van der Waals surface area contributed by atoms with E-state index < -0.39 is 10.9 Å². The smallest absolute Gasteiger partial charge is 0.305 e. The molecule has 0 aromatic heterocycles. The van der Waals surface area contributed by atoms with Crippen LogP contribution in [0, 0.1) is 10.1 Å². The highest BCUT2D eigenvalue weighted by molar-refractivity contribution is 6.39. The molecule has 1 rings (SSSR count). The minimum atomic E-state index is -0.940. The van der Waals surface area contributed by atoms with Crippen molar-refractivity contribution in [2.75, 3.05) is 5.32 Å². The van der Waals surface area contributed by atoms with Crippen molar-refractivity contribution in [1.82, 2.24) is 0 Å². The number of nitro groups is 1. The lowest BCUT2D eigenvalue weighted by atomic mass is 10.1. The molecular weight excluding hydrogens is 307 g/mol. The number of benzene rings is 1. The fraction of sp³-hybridized carbons (Fsp3) is 0.417. The molecule has 1 unspecified atom stereocenters. The summed E-state index contributed by atoms with van der Waals surface area (Å²) in [5, 5.41) is 22.7. The molecule has 0 aliphatic rings. The number of hydrogen-bond donors (Lipinski definition) is 2. The first kappa shape index (κ1) is 16.5. The molecule has 0 bridgehead atoms. The first-order chi connectivity index (χ1) is 9.35. The molecule has 20 heavy (non-hydrogen) atoms. The van der Waals surface area contributed by atoms with Gasteiger partial charge in [0.05, 0.1) is 27.1 Å². The third kappa shape index (κ3) is 4.54. The Hall–Kier alpha value is -1.53. The van der Waals surface area contributed by atoms with E-state index in [1.54, 1.807) is 0 Å². The molecule has 0 spiro atoms. The van der Waals surface area contributed by atoms with Crippen molar-refractivity contribution in [1.29, 1.82) is 0 Å². The van der Waals surface area contributed by atoms with E-state index in [4.69, 9.17) is 28.3 Å². The number of hydrogen-bond acceptors (Lipinski definition) is 4. The molecule has 0 radical (unpaired) electrons. The summed E-state index contributed by atoms with van der Waals surface area (Å²) < 4.78 is 0. The Morgan fingerprint density at radius 2 is 2.00 bits per heavy atom. The van der Waals surface area contributed by atoms with Crippen molar-refractivity contribution in [2.24, 2.45) is 0 Å². The minimum absolute atomic E-state index is 0.0858. The summed E-state index contributed by atoms with van der Waals surface area (Å²) in [5.74, 6) is -0.940. The average Bonchev–Trinajstić information content (AvgIpc) is 2.32. The van der Waals surface area contributed by atoms with Crippen molar-refractivity contribution >= 4 is 40.5 Å². The van der Waals surface area contributed by atoms with Gasteiger partial charge in [0.1, 0.15) is 0 Å². The Balaban J connectivity index is 3.00. The van der Waals surface area contributed by atoms with Crippen LogP contribution in [0.5, 0.6) is 0 Å². The number of nitrogens with zero attached hydrogens (tertiary/aromatic N) is 1. The highest BCUT2D eigenvalue weighted by atomic mass is 35.5. The number of halogens is 2. The normalized spacial score (nSPS) is 11.9. The van der Waals surface area contributed by atoms with Crippen LogP contribution in [-0.4, -0.2) is 22.0 Å². The quantitative estimate of drug-likeness (QED) is 0.586. The van der Waals surface area contributed by atoms with Crippen LogP contribution in [0.2, 0.25) is 10.0 Å². The molecule has 0 saturated carbocycles. The lowest BCUT2D eigenvalue weighted by Gasteiger charge is -2.19. The van der Waals surface area contributed by atoms with Gasteiger partial charge in [0.15, 0.2) is 0 Å². The van der Waals surface area contributed by atoms with E-state index in [1.807, 2.05) is 6.92 Å². The maximum atomic E-state index is 10.8. The zero-order valence-electron chi connectivity index (χ0n) is 10.7. The van der Waals surface area contributed by atoms with Crippen LogP contribution in [0.1, 0.15) is 26.2 Å². The number of nitrogens with one attached hydrogen (secondary N) is 1. The number of carboxylic acid groups (broad SMARTS) is 1. The third-order valence-electron chi connectivity index (χ3n) is 2.64. The molecule has 0 amide bonds. The lowest BCUT2D eigenvalue weighted by molar-refractivity contribution is -0.384. The van der Waals surface area contributed by atoms with Gasteiger partial charge in [-0.05, 0) is 6.42 Å². The number of carboxylic acids is 1. The Labute approximate surface area is 125 Å². The summed E-state index contributed by atoms with van der Waals surface area (Å²) in [7, 11) is 0. The molecule has 0 heterocycles. The van der Waals surface area contributed by atoms with Gasteiger partial charge in [-0.15, -0.1) is 0 Å². The second kappa shape index (κ2) is 7.31. The highest BCUT2D eigenvalue weighted by Crippen LogP contribution is 2.35. The van der Waals surface area contributed by atoms with Gasteiger partial charge in [0.25, 0.3) is 5.69 Å². The summed E-state index contributed by atoms with van der Waals surface area (Å²) in [6.07, 6.45) is 1.32. The first-order valence-corrected chi connectivity index (χ1v) is 6.72. The molecule has 6 nitrogen and oxygen atoms in total. The van der Waals surface area contributed by atoms with Gasteiger partial charge in [0.2, 0.25) is 0 Å². The zero-order valence-corrected chi connectivity index (χ0v) is 12.2. The molecule has 2 N–H and O–H groups in total. The summed E-state index contributed by atoms with van der Waals surface area (Å²) >= 11 is 11.9. The van der Waals surface area contributed by atoms with Crippen molar-refractivity contribution < 1.29 is 14.8 Å². The summed E-state index contributed by atoms with van der Waals surface area (Å²) in [5.41, 5.74) is 0.106. The van der Waals surface area contributed by atoms with Crippen LogP contribution in [0.25, 0.3) is 0 Å². The first-order valence-electron chi connectivity index (χ1n) is 5.96. The fourth-order valence-electron chi connectivity index (χ4n) is 1.79. The number of anilines is 1. The van der Waals surface area contributed by atoms with Crippen molar-refractivity contribution in [2.45, 2.75) is 32.2 Å². The number of non-ortho nitro benzene ring substituents is 1. The monoisotopic (exact) mass is 320 g/mol. The molecule has 1 aromatic rings. The summed E-state index contributed by atoms with van der Waals surface area (Å²) in [6, 6.07) is 2.02. The van der Waals surface area contributed by atoms with Gasteiger partial charge in [-0.3, -0.25) is 14.9 Å². The predicted octanol–water partition coefficient (Wildman–Crippen LogP) is 3.96. The van der Waals surface area contributed by atoms with Crippen LogP contribution in [0.3, 0.4) is 0 Å². The molecular formula is C12H14Cl2N2O4. The van der Waals surface area contributed by atoms with Crippen LogP contribution in [-0.2, 0) is 4.79 Å². The Morgan fingerprint density at radius 3 is 2.40 bits per heavy atom. The molecule has 0 aliphatic heterocycles. The molecule has 110 valence electrons. The molecule has 0 fully saturated rings.